The van der Waals surface area contributed by atoms with E-state index in [2.05, 4.69) is 15.0 Å². The van der Waals surface area contributed by atoms with Gasteiger partial charge in [0.15, 0.2) is 0 Å². The number of hydrogen-bond acceptors (Lipinski definition) is 7. The summed E-state index contributed by atoms with van der Waals surface area (Å²) in [5, 5.41) is 4.07. The molecule has 1 fully saturated rings. The Morgan fingerprint density at radius 1 is 1.07 bits per heavy atom. The molecule has 30 heavy (non-hydrogen) atoms. The van der Waals surface area contributed by atoms with Crippen LogP contribution in [-0.4, -0.2) is 59.1 Å². The quantitative estimate of drug-likeness (QED) is 0.622. The molecule has 2 aromatic carbocycles. The maximum atomic E-state index is 12.6. The molecular formula is C21H24ClN5O3. The third-order valence-corrected chi connectivity index (χ3v) is 4.99. The number of ether oxygens (including phenoxy) is 1. The summed E-state index contributed by atoms with van der Waals surface area (Å²) < 4.78 is 10.6. The van der Waals surface area contributed by atoms with Gasteiger partial charge in [-0.15, -0.1) is 12.4 Å². The third kappa shape index (κ3) is 4.90. The minimum Gasteiger partial charge on any atom is -0.497 e. The number of carbonyl (C=O) groups is 1. The average Bonchev–Trinajstić information content (AvgIpc) is 3.23. The first-order chi connectivity index (χ1) is 14.1. The van der Waals surface area contributed by atoms with Crippen molar-refractivity contribution in [2.45, 2.75) is 6.54 Å². The van der Waals surface area contributed by atoms with Crippen molar-refractivity contribution in [3.63, 3.8) is 0 Å². The summed E-state index contributed by atoms with van der Waals surface area (Å²) in [5.74, 6) is 1.93. The first-order valence-corrected chi connectivity index (χ1v) is 9.46. The van der Waals surface area contributed by atoms with Crippen molar-refractivity contribution >= 4 is 24.0 Å². The van der Waals surface area contributed by atoms with Crippen molar-refractivity contribution in [1.29, 1.82) is 0 Å². The molecule has 1 aromatic heterocycles. The molecule has 0 aliphatic carbocycles. The second kappa shape index (κ2) is 9.60. The third-order valence-electron chi connectivity index (χ3n) is 4.99. The van der Waals surface area contributed by atoms with E-state index < -0.39 is 0 Å². The number of halogens is 1. The second-order valence-electron chi connectivity index (χ2n) is 6.93. The number of nitrogens with two attached hydrogens (primary N) is 1. The van der Waals surface area contributed by atoms with Crippen molar-refractivity contribution in [3.8, 4) is 17.1 Å². The van der Waals surface area contributed by atoms with Crippen LogP contribution in [0.15, 0.2) is 53.1 Å². The van der Waals surface area contributed by atoms with Crippen molar-refractivity contribution in [3.05, 3.63) is 60.0 Å². The summed E-state index contributed by atoms with van der Waals surface area (Å²) in [6.07, 6.45) is 0. The van der Waals surface area contributed by atoms with Gasteiger partial charge < -0.3 is 19.9 Å². The molecule has 4 rings (SSSR count). The highest BCUT2D eigenvalue weighted by Gasteiger charge is 2.23. The molecule has 1 aliphatic heterocycles. The lowest BCUT2D eigenvalue weighted by atomic mass is 10.1. The van der Waals surface area contributed by atoms with E-state index in [9.17, 15) is 4.79 Å². The van der Waals surface area contributed by atoms with E-state index in [0.717, 1.165) is 24.4 Å². The van der Waals surface area contributed by atoms with Gasteiger partial charge in [-0.25, -0.2) is 0 Å². The molecule has 1 amide bonds. The number of nitrogen functional groups attached to an aromatic ring is 1. The van der Waals surface area contributed by atoms with Crippen LogP contribution in [0.4, 0.5) is 5.69 Å². The lowest BCUT2D eigenvalue weighted by Gasteiger charge is -2.34. The molecule has 0 spiro atoms. The molecule has 0 saturated carbocycles. The van der Waals surface area contributed by atoms with E-state index in [0.29, 0.717) is 42.6 Å². The van der Waals surface area contributed by atoms with Gasteiger partial charge in [0.1, 0.15) is 5.75 Å². The molecule has 0 bridgehead atoms. The predicted octanol–water partition coefficient (Wildman–Crippen LogP) is 2.71. The number of amides is 1. The monoisotopic (exact) mass is 429 g/mol. The van der Waals surface area contributed by atoms with Crippen LogP contribution in [0.3, 0.4) is 0 Å². The van der Waals surface area contributed by atoms with E-state index >= 15 is 0 Å². The molecule has 2 N–H and O–H groups in total. The SMILES string of the molecule is COc1ccc(-c2noc(CN3CCN(C(=O)c4ccc(N)cc4)CC3)n2)cc1.Cl. The number of hydrogen-bond donors (Lipinski definition) is 1. The number of aromatic nitrogens is 2. The normalized spacial score (nSPS) is 14.2. The van der Waals surface area contributed by atoms with Crippen LogP contribution in [0, 0.1) is 0 Å². The second-order valence-corrected chi connectivity index (χ2v) is 6.93. The van der Waals surface area contributed by atoms with Gasteiger partial charge in [0, 0.05) is 43.0 Å². The molecule has 1 saturated heterocycles. The van der Waals surface area contributed by atoms with Gasteiger partial charge in [-0.1, -0.05) is 5.16 Å². The molecule has 8 nitrogen and oxygen atoms in total. The summed E-state index contributed by atoms with van der Waals surface area (Å²) in [7, 11) is 1.63. The van der Waals surface area contributed by atoms with Crippen molar-refractivity contribution in [2.75, 3.05) is 39.0 Å². The number of nitrogens with zero attached hydrogens (tertiary/aromatic N) is 4. The average molecular weight is 430 g/mol. The Kier molecular flexibility index (Phi) is 6.91. The minimum atomic E-state index is 0. The maximum Gasteiger partial charge on any atom is 0.253 e. The van der Waals surface area contributed by atoms with E-state index in [1.54, 1.807) is 31.4 Å². The number of rotatable bonds is 5. The van der Waals surface area contributed by atoms with E-state index in [4.69, 9.17) is 15.0 Å². The molecule has 1 aliphatic rings. The fourth-order valence-corrected chi connectivity index (χ4v) is 3.29. The number of anilines is 1. The standard InChI is InChI=1S/C21H23N5O3.ClH/c1-28-18-8-4-15(5-9-18)20-23-19(29-24-20)14-25-10-12-26(13-11-25)21(27)16-2-6-17(22)7-3-16;/h2-9H,10-14,22H2,1H3;1H. The Hall–Kier alpha value is -3.10. The van der Waals surface area contributed by atoms with E-state index in [1.165, 1.54) is 0 Å². The van der Waals surface area contributed by atoms with Crippen molar-refractivity contribution in [1.82, 2.24) is 19.9 Å². The summed E-state index contributed by atoms with van der Waals surface area (Å²) in [5.41, 5.74) is 7.88. The molecule has 9 heteroatoms. The molecule has 0 radical (unpaired) electrons. The molecule has 0 atom stereocenters. The lowest BCUT2D eigenvalue weighted by molar-refractivity contribution is 0.0615. The summed E-state index contributed by atoms with van der Waals surface area (Å²) >= 11 is 0. The molecule has 2 heterocycles. The summed E-state index contributed by atoms with van der Waals surface area (Å²) in [4.78, 5) is 21.2. The van der Waals surface area contributed by atoms with Crippen LogP contribution in [0.2, 0.25) is 0 Å². The van der Waals surface area contributed by atoms with Crippen LogP contribution < -0.4 is 10.5 Å². The maximum absolute atomic E-state index is 12.6. The topological polar surface area (TPSA) is 97.7 Å². The number of piperazine rings is 1. The van der Waals surface area contributed by atoms with Crippen LogP contribution in [0.25, 0.3) is 11.4 Å². The Bertz CT molecular complexity index is 967. The highest BCUT2D eigenvalue weighted by atomic mass is 35.5. The van der Waals surface area contributed by atoms with Gasteiger partial charge in [-0.2, -0.15) is 4.98 Å². The van der Waals surface area contributed by atoms with Gasteiger partial charge in [0.2, 0.25) is 11.7 Å². The van der Waals surface area contributed by atoms with Gasteiger partial charge >= 0.3 is 0 Å². The van der Waals surface area contributed by atoms with E-state index in [1.807, 2.05) is 29.2 Å². The minimum absolute atomic E-state index is 0. The van der Waals surface area contributed by atoms with Crippen LogP contribution in [0.1, 0.15) is 16.2 Å². The lowest BCUT2D eigenvalue weighted by Crippen LogP contribution is -2.48. The highest BCUT2D eigenvalue weighted by Crippen LogP contribution is 2.20. The zero-order valence-electron chi connectivity index (χ0n) is 16.7. The fraction of sp³-hybridized carbons (Fsp3) is 0.286. The zero-order chi connectivity index (χ0) is 20.2. The van der Waals surface area contributed by atoms with Crippen LogP contribution in [0.5, 0.6) is 5.75 Å². The van der Waals surface area contributed by atoms with Crippen LogP contribution in [-0.2, 0) is 6.54 Å². The Morgan fingerprint density at radius 2 is 1.73 bits per heavy atom. The predicted molar refractivity (Wildman–Crippen MR) is 116 cm³/mol. The zero-order valence-corrected chi connectivity index (χ0v) is 17.5. The first-order valence-electron chi connectivity index (χ1n) is 9.46. The fourth-order valence-electron chi connectivity index (χ4n) is 3.29. The van der Waals surface area contributed by atoms with E-state index in [-0.39, 0.29) is 18.3 Å². The highest BCUT2D eigenvalue weighted by molar-refractivity contribution is 5.94. The van der Waals surface area contributed by atoms with Gasteiger partial charge in [-0.05, 0) is 48.5 Å². The smallest absolute Gasteiger partial charge is 0.253 e. The van der Waals surface area contributed by atoms with Crippen LogP contribution >= 0.6 is 12.4 Å². The molecule has 0 unspecified atom stereocenters. The van der Waals surface area contributed by atoms with Gasteiger partial charge in [0.05, 0.1) is 13.7 Å². The summed E-state index contributed by atoms with van der Waals surface area (Å²) in [6, 6.07) is 14.6. The molecule has 158 valence electrons. The van der Waals surface area contributed by atoms with Crippen molar-refractivity contribution in [2.24, 2.45) is 0 Å². The Labute approximate surface area is 181 Å². The van der Waals surface area contributed by atoms with Gasteiger partial charge in [0.25, 0.3) is 5.91 Å². The Balaban J connectivity index is 0.00000256. The van der Waals surface area contributed by atoms with Crippen molar-refractivity contribution < 1.29 is 14.1 Å². The number of benzene rings is 2. The molecular weight excluding hydrogens is 406 g/mol. The Morgan fingerprint density at radius 3 is 2.37 bits per heavy atom. The number of carbonyl (C=O) groups excluding carboxylic acids is 1. The van der Waals surface area contributed by atoms with Gasteiger partial charge in [-0.3, -0.25) is 9.69 Å². The molecule has 3 aromatic rings. The largest absolute Gasteiger partial charge is 0.497 e. The number of methoxy groups -OCH3 is 1. The summed E-state index contributed by atoms with van der Waals surface area (Å²) in [6.45, 7) is 3.38. The first kappa shape index (κ1) is 21.6.